The standard InChI is InChI=1S/C12H10BrFN2S/c1-7-9(15)6-16-12(11(7)13)17-10-5-3-2-4-8(10)14/h2-6H,15H2,1H3. The summed E-state index contributed by atoms with van der Waals surface area (Å²) in [6, 6.07) is 6.61. The molecule has 0 unspecified atom stereocenters. The number of rotatable bonds is 2. The average molecular weight is 313 g/mol. The van der Waals surface area contributed by atoms with Crippen LogP contribution in [-0.4, -0.2) is 4.98 Å². The van der Waals surface area contributed by atoms with E-state index in [1.807, 2.05) is 6.92 Å². The molecule has 88 valence electrons. The Morgan fingerprint density at radius 1 is 1.35 bits per heavy atom. The van der Waals surface area contributed by atoms with E-state index >= 15 is 0 Å². The lowest BCUT2D eigenvalue weighted by Gasteiger charge is -2.08. The first kappa shape index (κ1) is 12.4. The van der Waals surface area contributed by atoms with Gasteiger partial charge in [0, 0.05) is 4.90 Å². The third kappa shape index (κ3) is 2.61. The highest BCUT2D eigenvalue weighted by molar-refractivity contribution is 9.10. The Balaban J connectivity index is 2.38. The topological polar surface area (TPSA) is 38.9 Å². The molecule has 0 atom stereocenters. The van der Waals surface area contributed by atoms with E-state index in [4.69, 9.17) is 5.73 Å². The third-order valence-electron chi connectivity index (χ3n) is 2.31. The normalized spacial score (nSPS) is 10.5. The zero-order valence-electron chi connectivity index (χ0n) is 9.08. The molecule has 0 radical (unpaired) electrons. The number of halogens is 2. The van der Waals surface area contributed by atoms with Crippen molar-refractivity contribution in [3.63, 3.8) is 0 Å². The maximum absolute atomic E-state index is 13.5. The van der Waals surface area contributed by atoms with Crippen molar-refractivity contribution in [2.45, 2.75) is 16.8 Å². The number of nitrogens with two attached hydrogens (primary N) is 1. The van der Waals surface area contributed by atoms with Gasteiger partial charge in [0.1, 0.15) is 10.8 Å². The fraction of sp³-hybridized carbons (Fsp3) is 0.0833. The molecule has 2 aromatic rings. The van der Waals surface area contributed by atoms with Crippen molar-refractivity contribution in [2.75, 3.05) is 5.73 Å². The number of nitrogens with zero attached hydrogens (tertiary/aromatic N) is 1. The number of nitrogen functional groups attached to an aromatic ring is 1. The number of pyridine rings is 1. The van der Waals surface area contributed by atoms with Crippen LogP contribution in [0.2, 0.25) is 0 Å². The lowest BCUT2D eigenvalue weighted by atomic mass is 10.3. The molecule has 0 saturated carbocycles. The second kappa shape index (κ2) is 5.06. The molecule has 0 bridgehead atoms. The minimum Gasteiger partial charge on any atom is -0.397 e. The molecular formula is C12H10BrFN2S. The molecule has 1 aromatic carbocycles. The Morgan fingerprint density at radius 2 is 2.06 bits per heavy atom. The minimum atomic E-state index is -0.249. The van der Waals surface area contributed by atoms with E-state index in [1.165, 1.54) is 17.8 Å². The van der Waals surface area contributed by atoms with E-state index < -0.39 is 0 Å². The molecule has 2 rings (SSSR count). The van der Waals surface area contributed by atoms with Crippen LogP contribution in [-0.2, 0) is 0 Å². The Kier molecular flexibility index (Phi) is 3.69. The van der Waals surface area contributed by atoms with Crippen molar-refractivity contribution >= 4 is 33.4 Å². The second-order valence-corrected chi connectivity index (χ2v) is 5.31. The molecule has 1 heterocycles. The lowest BCUT2D eigenvalue weighted by Crippen LogP contribution is -1.94. The van der Waals surface area contributed by atoms with E-state index in [1.54, 1.807) is 24.4 Å². The molecule has 0 amide bonds. The monoisotopic (exact) mass is 312 g/mol. The summed E-state index contributed by atoms with van der Waals surface area (Å²) in [7, 11) is 0. The maximum atomic E-state index is 13.5. The molecular weight excluding hydrogens is 303 g/mol. The number of benzene rings is 1. The molecule has 2 nitrogen and oxygen atoms in total. The predicted molar refractivity (Wildman–Crippen MR) is 71.6 cm³/mol. The van der Waals surface area contributed by atoms with Crippen LogP contribution >= 0.6 is 27.7 Å². The fourth-order valence-electron chi connectivity index (χ4n) is 1.27. The smallest absolute Gasteiger partial charge is 0.137 e. The van der Waals surface area contributed by atoms with Crippen molar-refractivity contribution in [1.82, 2.24) is 4.98 Å². The van der Waals surface area contributed by atoms with Crippen LogP contribution in [0.1, 0.15) is 5.56 Å². The van der Waals surface area contributed by atoms with Gasteiger partial charge < -0.3 is 5.73 Å². The molecule has 5 heteroatoms. The number of aromatic nitrogens is 1. The highest BCUT2D eigenvalue weighted by atomic mass is 79.9. The van der Waals surface area contributed by atoms with Gasteiger partial charge in [-0.3, -0.25) is 0 Å². The van der Waals surface area contributed by atoms with Crippen LogP contribution in [0.5, 0.6) is 0 Å². The molecule has 17 heavy (non-hydrogen) atoms. The van der Waals surface area contributed by atoms with Crippen LogP contribution in [0.25, 0.3) is 0 Å². The summed E-state index contributed by atoms with van der Waals surface area (Å²) in [4.78, 5) is 4.75. The summed E-state index contributed by atoms with van der Waals surface area (Å²) in [5.41, 5.74) is 7.27. The predicted octanol–water partition coefficient (Wildman–Crippen LogP) is 4.03. The summed E-state index contributed by atoms with van der Waals surface area (Å²) in [5.74, 6) is -0.249. The van der Waals surface area contributed by atoms with Crippen molar-refractivity contribution in [1.29, 1.82) is 0 Å². The Labute approximate surface area is 112 Å². The molecule has 0 fully saturated rings. The van der Waals surface area contributed by atoms with E-state index in [9.17, 15) is 4.39 Å². The first-order chi connectivity index (χ1) is 8.09. The van der Waals surface area contributed by atoms with Crippen molar-refractivity contribution in [3.8, 4) is 0 Å². The zero-order chi connectivity index (χ0) is 12.4. The van der Waals surface area contributed by atoms with E-state index in [2.05, 4.69) is 20.9 Å². The van der Waals surface area contributed by atoms with Gasteiger partial charge in [0.2, 0.25) is 0 Å². The quantitative estimate of drug-likeness (QED) is 0.910. The second-order valence-electron chi connectivity index (χ2n) is 3.49. The van der Waals surface area contributed by atoms with Crippen LogP contribution in [0.3, 0.4) is 0 Å². The van der Waals surface area contributed by atoms with Crippen LogP contribution < -0.4 is 5.73 Å². The van der Waals surface area contributed by atoms with E-state index in [0.29, 0.717) is 15.6 Å². The Morgan fingerprint density at radius 3 is 2.76 bits per heavy atom. The van der Waals surface area contributed by atoms with E-state index in [-0.39, 0.29) is 5.82 Å². The first-order valence-corrected chi connectivity index (χ1v) is 6.53. The fourth-order valence-corrected chi connectivity index (χ4v) is 2.71. The molecule has 0 aliphatic rings. The van der Waals surface area contributed by atoms with Gasteiger partial charge in [-0.1, -0.05) is 23.9 Å². The molecule has 0 spiro atoms. The summed E-state index contributed by atoms with van der Waals surface area (Å²) < 4.78 is 14.3. The summed E-state index contributed by atoms with van der Waals surface area (Å²) >= 11 is 4.70. The maximum Gasteiger partial charge on any atom is 0.137 e. The SMILES string of the molecule is Cc1c(N)cnc(Sc2ccccc2F)c1Br. The summed E-state index contributed by atoms with van der Waals surface area (Å²) in [6.07, 6.45) is 1.59. The van der Waals surface area contributed by atoms with Crippen molar-refractivity contribution < 1.29 is 4.39 Å². The highest BCUT2D eigenvalue weighted by Crippen LogP contribution is 2.36. The van der Waals surface area contributed by atoms with E-state index in [0.717, 1.165) is 10.0 Å². The molecule has 0 aliphatic heterocycles. The van der Waals surface area contributed by atoms with Crippen molar-refractivity contribution in [2.24, 2.45) is 0 Å². The van der Waals surface area contributed by atoms with Crippen LogP contribution in [0, 0.1) is 12.7 Å². The average Bonchev–Trinajstić information content (AvgIpc) is 2.32. The zero-order valence-corrected chi connectivity index (χ0v) is 11.5. The van der Waals surface area contributed by atoms with Gasteiger partial charge in [-0.2, -0.15) is 0 Å². The first-order valence-electron chi connectivity index (χ1n) is 4.92. The largest absolute Gasteiger partial charge is 0.397 e. The highest BCUT2D eigenvalue weighted by Gasteiger charge is 2.11. The molecule has 2 N–H and O–H groups in total. The number of anilines is 1. The van der Waals surface area contributed by atoms with Gasteiger partial charge in [-0.25, -0.2) is 9.37 Å². The van der Waals surface area contributed by atoms with Gasteiger partial charge in [-0.05, 0) is 40.5 Å². The molecule has 1 aromatic heterocycles. The minimum absolute atomic E-state index is 0.249. The van der Waals surface area contributed by atoms with Gasteiger partial charge in [0.05, 0.1) is 16.4 Å². The summed E-state index contributed by atoms with van der Waals surface area (Å²) in [6.45, 7) is 1.90. The Hall–Kier alpha value is -1.07. The van der Waals surface area contributed by atoms with Crippen LogP contribution in [0.4, 0.5) is 10.1 Å². The summed E-state index contributed by atoms with van der Waals surface area (Å²) in [5, 5.41) is 0.710. The lowest BCUT2D eigenvalue weighted by molar-refractivity contribution is 0.602. The number of hydrogen-bond donors (Lipinski definition) is 1. The van der Waals surface area contributed by atoms with Gasteiger partial charge in [0.25, 0.3) is 0 Å². The number of hydrogen-bond acceptors (Lipinski definition) is 3. The van der Waals surface area contributed by atoms with Crippen molar-refractivity contribution in [3.05, 3.63) is 46.3 Å². The third-order valence-corrected chi connectivity index (χ3v) is 4.60. The Bertz CT molecular complexity index is 560. The van der Waals surface area contributed by atoms with Crippen LogP contribution in [0.15, 0.2) is 44.9 Å². The van der Waals surface area contributed by atoms with Gasteiger partial charge in [0.15, 0.2) is 0 Å². The molecule has 0 saturated heterocycles. The van der Waals surface area contributed by atoms with Gasteiger partial charge >= 0.3 is 0 Å². The van der Waals surface area contributed by atoms with Gasteiger partial charge in [-0.15, -0.1) is 0 Å². The molecule has 0 aliphatic carbocycles.